The maximum atomic E-state index is 10.2. The van der Waals surface area contributed by atoms with Gasteiger partial charge in [0.25, 0.3) is 0 Å². The predicted octanol–water partition coefficient (Wildman–Crippen LogP) is -0.132. The third-order valence-electron chi connectivity index (χ3n) is 1.05. The molecule has 1 rings (SSSR count). The monoisotopic (exact) mass is 165 g/mol. The van der Waals surface area contributed by atoms with Gasteiger partial charge in [0.05, 0.1) is 0 Å². The Kier molecular flexibility index (Phi) is 2.18. The molecule has 0 atom stereocenters. The summed E-state index contributed by atoms with van der Waals surface area (Å²) in [6.45, 7) is 0. The standard InChI is InChI=1S/C6H3N3O3/c10-3-1-2-5-6(9(11)12)8-4-7-5/h3-4H,(H,7,8). The van der Waals surface area contributed by atoms with E-state index in [0.717, 1.165) is 6.33 Å². The van der Waals surface area contributed by atoms with Crippen molar-refractivity contribution in [2.24, 2.45) is 0 Å². The lowest BCUT2D eigenvalue weighted by Crippen LogP contribution is -1.90. The smallest absolute Gasteiger partial charge is 0.356 e. The molecular formula is C6H3N3O3. The quantitative estimate of drug-likeness (QED) is 0.271. The molecule has 1 heterocycles. The van der Waals surface area contributed by atoms with Crippen molar-refractivity contribution in [3.63, 3.8) is 0 Å². The molecule has 0 radical (unpaired) electrons. The highest BCUT2D eigenvalue weighted by Crippen LogP contribution is 2.09. The van der Waals surface area contributed by atoms with E-state index < -0.39 is 4.92 Å². The summed E-state index contributed by atoms with van der Waals surface area (Å²) in [5.74, 6) is 3.95. The Morgan fingerprint density at radius 3 is 3.08 bits per heavy atom. The van der Waals surface area contributed by atoms with Gasteiger partial charge in [-0.1, -0.05) is 0 Å². The zero-order valence-corrected chi connectivity index (χ0v) is 5.77. The van der Waals surface area contributed by atoms with E-state index in [-0.39, 0.29) is 11.5 Å². The van der Waals surface area contributed by atoms with Crippen LogP contribution in [0.15, 0.2) is 6.33 Å². The minimum absolute atomic E-state index is 0.0351. The fourth-order valence-electron chi connectivity index (χ4n) is 0.616. The van der Waals surface area contributed by atoms with Gasteiger partial charge < -0.3 is 10.1 Å². The molecule has 1 aromatic rings. The van der Waals surface area contributed by atoms with Gasteiger partial charge in [0.15, 0.2) is 12.6 Å². The molecule has 12 heavy (non-hydrogen) atoms. The highest BCUT2D eigenvalue weighted by Gasteiger charge is 2.11. The summed E-state index contributed by atoms with van der Waals surface area (Å²) < 4.78 is 0. The van der Waals surface area contributed by atoms with Crippen LogP contribution in [0.2, 0.25) is 0 Å². The molecule has 1 aromatic heterocycles. The fourth-order valence-corrected chi connectivity index (χ4v) is 0.616. The van der Waals surface area contributed by atoms with Crippen molar-refractivity contribution >= 4 is 12.1 Å². The lowest BCUT2D eigenvalue weighted by molar-refractivity contribution is -0.389. The van der Waals surface area contributed by atoms with Crippen LogP contribution in [0.3, 0.4) is 0 Å². The van der Waals surface area contributed by atoms with Gasteiger partial charge in [-0.2, -0.15) is 4.98 Å². The Hall–Kier alpha value is -2.16. The van der Waals surface area contributed by atoms with Gasteiger partial charge in [0, 0.05) is 0 Å². The molecule has 6 heteroatoms. The Bertz CT molecular complexity index is 371. The molecule has 0 fully saturated rings. The number of H-pyrrole nitrogens is 1. The van der Waals surface area contributed by atoms with Gasteiger partial charge in [0.2, 0.25) is 5.69 Å². The summed E-state index contributed by atoms with van der Waals surface area (Å²) in [6, 6.07) is 0. The van der Waals surface area contributed by atoms with Crippen LogP contribution >= 0.6 is 0 Å². The van der Waals surface area contributed by atoms with Gasteiger partial charge >= 0.3 is 5.82 Å². The molecule has 0 aliphatic heterocycles. The fraction of sp³-hybridized carbons (Fsp3) is 0. The van der Waals surface area contributed by atoms with Crippen LogP contribution in [0, 0.1) is 22.0 Å². The summed E-state index contributed by atoms with van der Waals surface area (Å²) in [4.78, 5) is 25.2. The van der Waals surface area contributed by atoms with Gasteiger partial charge in [-0.05, 0) is 16.8 Å². The summed E-state index contributed by atoms with van der Waals surface area (Å²) in [5, 5.41) is 10.2. The Morgan fingerprint density at radius 2 is 2.50 bits per heavy atom. The maximum absolute atomic E-state index is 10.2. The molecule has 60 valence electrons. The normalized spacial score (nSPS) is 8.33. The number of nitrogens with zero attached hydrogens (tertiary/aromatic N) is 2. The second kappa shape index (κ2) is 3.30. The van der Waals surface area contributed by atoms with Crippen molar-refractivity contribution in [3.8, 4) is 11.8 Å². The Morgan fingerprint density at radius 1 is 1.75 bits per heavy atom. The molecule has 0 spiro atoms. The number of hydrogen-bond donors (Lipinski definition) is 1. The summed E-state index contributed by atoms with van der Waals surface area (Å²) in [6.07, 6.45) is 1.49. The molecule has 0 saturated heterocycles. The first-order chi connectivity index (χ1) is 5.75. The average Bonchev–Trinajstić information content (AvgIpc) is 2.48. The zero-order chi connectivity index (χ0) is 8.97. The molecule has 6 nitrogen and oxygen atoms in total. The average molecular weight is 165 g/mol. The first-order valence-electron chi connectivity index (χ1n) is 2.88. The number of carbonyl (C=O) groups excluding carboxylic acids is 1. The van der Waals surface area contributed by atoms with Crippen molar-refractivity contribution in [3.05, 3.63) is 22.1 Å². The number of nitro groups is 1. The molecular weight excluding hydrogens is 162 g/mol. The molecule has 0 saturated carbocycles. The number of rotatable bonds is 1. The maximum Gasteiger partial charge on any atom is 0.356 e. The highest BCUT2D eigenvalue weighted by atomic mass is 16.6. The van der Waals surface area contributed by atoms with E-state index >= 15 is 0 Å². The lowest BCUT2D eigenvalue weighted by atomic mass is 10.4. The van der Waals surface area contributed by atoms with E-state index in [9.17, 15) is 14.9 Å². The summed E-state index contributed by atoms with van der Waals surface area (Å²) in [7, 11) is 0. The number of carbonyl (C=O) groups is 1. The Balaban J connectivity index is 3.07. The van der Waals surface area contributed by atoms with Crippen LogP contribution < -0.4 is 0 Å². The number of imidazole rings is 1. The Labute approximate surface area is 66.8 Å². The molecule has 0 aliphatic carbocycles. The minimum atomic E-state index is -0.651. The number of nitrogens with one attached hydrogen (secondary N) is 1. The van der Waals surface area contributed by atoms with E-state index in [1.807, 2.05) is 5.92 Å². The first kappa shape index (κ1) is 7.94. The molecule has 0 aromatic carbocycles. The predicted molar refractivity (Wildman–Crippen MR) is 38.2 cm³/mol. The molecule has 0 aliphatic rings. The highest BCUT2D eigenvalue weighted by molar-refractivity contribution is 5.74. The van der Waals surface area contributed by atoms with E-state index in [1.54, 1.807) is 0 Å². The second-order valence-corrected chi connectivity index (χ2v) is 1.74. The third kappa shape index (κ3) is 1.46. The van der Waals surface area contributed by atoms with Gasteiger partial charge in [-0.25, -0.2) is 4.98 Å². The molecule has 0 unspecified atom stereocenters. The lowest BCUT2D eigenvalue weighted by Gasteiger charge is -1.87. The minimum Gasteiger partial charge on any atom is -0.358 e. The van der Waals surface area contributed by atoms with E-state index in [1.165, 1.54) is 0 Å². The van der Waals surface area contributed by atoms with Crippen LogP contribution in [-0.2, 0) is 4.79 Å². The van der Waals surface area contributed by atoms with Crippen LogP contribution in [0.1, 0.15) is 5.69 Å². The summed E-state index contributed by atoms with van der Waals surface area (Å²) in [5.41, 5.74) is -0.0351. The van der Waals surface area contributed by atoms with Crippen molar-refractivity contribution in [2.45, 2.75) is 0 Å². The first-order valence-corrected chi connectivity index (χ1v) is 2.88. The van der Waals surface area contributed by atoms with E-state index in [0.29, 0.717) is 6.29 Å². The van der Waals surface area contributed by atoms with Crippen LogP contribution in [0.25, 0.3) is 0 Å². The largest absolute Gasteiger partial charge is 0.358 e. The number of aldehydes is 1. The molecule has 0 amide bonds. The molecule has 0 bridgehead atoms. The molecule has 1 N–H and O–H groups in total. The third-order valence-corrected chi connectivity index (χ3v) is 1.05. The van der Waals surface area contributed by atoms with Crippen molar-refractivity contribution < 1.29 is 9.72 Å². The van der Waals surface area contributed by atoms with Crippen LogP contribution in [0.4, 0.5) is 5.82 Å². The van der Waals surface area contributed by atoms with Gasteiger partial charge in [-0.3, -0.25) is 4.79 Å². The van der Waals surface area contributed by atoms with Crippen LogP contribution in [0.5, 0.6) is 0 Å². The van der Waals surface area contributed by atoms with Gasteiger partial charge in [-0.15, -0.1) is 0 Å². The number of aromatic nitrogens is 2. The van der Waals surface area contributed by atoms with Gasteiger partial charge in [0.1, 0.15) is 0 Å². The number of hydrogen-bond acceptors (Lipinski definition) is 4. The summed E-state index contributed by atoms with van der Waals surface area (Å²) >= 11 is 0. The van der Waals surface area contributed by atoms with E-state index in [4.69, 9.17) is 0 Å². The topological polar surface area (TPSA) is 88.9 Å². The van der Waals surface area contributed by atoms with Crippen molar-refractivity contribution in [1.82, 2.24) is 9.97 Å². The zero-order valence-electron chi connectivity index (χ0n) is 5.77. The van der Waals surface area contributed by atoms with Crippen LogP contribution in [-0.4, -0.2) is 21.2 Å². The second-order valence-electron chi connectivity index (χ2n) is 1.74. The van der Waals surface area contributed by atoms with Crippen molar-refractivity contribution in [1.29, 1.82) is 0 Å². The van der Waals surface area contributed by atoms with E-state index in [2.05, 4.69) is 15.9 Å². The SMILES string of the molecule is O=CC#Cc1nc[nH]c1[N+](=O)[O-]. The number of aromatic amines is 1. The van der Waals surface area contributed by atoms with Crippen molar-refractivity contribution in [2.75, 3.05) is 0 Å².